The van der Waals surface area contributed by atoms with Crippen LogP contribution in [0.25, 0.3) is 0 Å². The van der Waals surface area contributed by atoms with Crippen molar-refractivity contribution in [2.24, 2.45) is 5.10 Å². The molecule has 0 fully saturated rings. The SMILES string of the molecule is CCCCCC(=O)N/N=C/c1ccc(C)cc1. The van der Waals surface area contributed by atoms with E-state index in [0.717, 1.165) is 24.8 Å². The van der Waals surface area contributed by atoms with Gasteiger partial charge in [-0.3, -0.25) is 4.79 Å². The molecule has 0 saturated heterocycles. The lowest BCUT2D eigenvalue weighted by molar-refractivity contribution is -0.121. The first-order valence-electron chi connectivity index (χ1n) is 6.11. The first-order valence-corrected chi connectivity index (χ1v) is 6.11. The predicted molar refractivity (Wildman–Crippen MR) is 71.1 cm³/mol. The summed E-state index contributed by atoms with van der Waals surface area (Å²) < 4.78 is 0. The number of carbonyl (C=O) groups is 1. The molecule has 0 heterocycles. The summed E-state index contributed by atoms with van der Waals surface area (Å²) in [6.07, 6.45) is 5.37. The van der Waals surface area contributed by atoms with E-state index in [1.807, 2.05) is 31.2 Å². The molecule has 1 N–H and O–H groups in total. The Labute approximate surface area is 103 Å². The Morgan fingerprint density at radius 1 is 1.29 bits per heavy atom. The molecule has 1 rings (SSSR count). The van der Waals surface area contributed by atoms with Crippen LogP contribution in [0.4, 0.5) is 0 Å². The van der Waals surface area contributed by atoms with Crippen molar-refractivity contribution in [3.63, 3.8) is 0 Å². The largest absolute Gasteiger partial charge is 0.273 e. The number of benzene rings is 1. The normalized spacial score (nSPS) is 10.7. The van der Waals surface area contributed by atoms with Gasteiger partial charge in [-0.15, -0.1) is 0 Å². The van der Waals surface area contributed by atoms with E-state index in [-0.39, 0.29) is 5.91 Å². The lowest BCUT2D eigenvalue weighted by Crippen LogP contribution is -2.16. The van der Waals surface area contributed by atoms with E-state index in [1.54, 1.807) is 6.21 Å². The van der Waals surface area contributed by atoms with E-state index in [0.29, 0.717) is 6.42 Å². The van der Waals surface area contributed by atoms with Gasteiger partial charge in [0.05, 0.1) is 6.21 Å². The van der Waals surface area contributed by atoms with Gasteiger partial charge >= 0.3 is 0 Å². The fourth-order valence-corrected chi connectivity index (χ4v) is 1.42. The number of rotatable bonds is 6. The van der Waals surface area contributed by atoms with E-state index < -0.39 is 0 Å². The van der Waals surface area contributed by atoms with Crippen molar-refractivity contribution >= 4 is 12.1 Å². The van der Waals surface area contributed by atoms with Crippen LogP contribution in [0, 0.1) is 6.92 Å². The number of hydrazone groups is 1. The van der Waals surface area contributed by atoms with Crippen LogP contribution in [0.2, 0.25) is 0 Å². The molecule has 0 unspecified atom stereocenters. The molecule has 17 heavy (non-hydrogen) atoms. The van der Waals surface area contributed by atoms with E-state index in [2.05, 4.69) is 17.5 Å². The summed E-state index contributed by atoms with van der Waals surface area (Å²) in [6.45, 7) is 4.16. The van der Waals surface area contributed by atoms with E-state index in [9.17, 15) is 4.79 Å². The molecule has 0 aliphatic rings. The minimum absolute atomic E-state index is 0.0122. The monoisotopic (exact) mass is 232 g/mol. The fraction of sp³-hybridized carbons (Fsp3) is 0.429. The van der Waals surface area contributed by atoms with Crippen LogP contribution in [-0.2, 0) is 4.79 Å². The summed E-state index contributed by atoms with van der Waals surface area (Å²) in [6, 6.07) is 7.99. The number of nitrogens with zero attached hydrogens (tertiary/aromatic N) is 1. The van der Waals surface area contributed by atoms with Gasteiger partial charge in [0.15, 0.2) is 0 Å². The van der Waals surface area contributed by atoms with Crippen LogP contribution < -0.4 is 5.43 Å². The third kappa shape index (κ3) is 5.85. The molecule has 1 amide bonds. The highest BCUT2D eigenvalue weighted by Gasteiger charge is 1.97. The number of nitrogens with one attached hydrogen (secondary N) is 1. The molecule has 0 saturated carbocycles. The van der Waals surface area contributed by atoms with Crippen molar-refractivity contribution < 1.29 is 4.79 Å². The molecule has 0 aliphatic heterocycles. The number of unbranched alkanes of at least 4 members (excludes halogenated alkanes) is 2. The lowest BCUT2D eigenvalue weighted by atomic mass is 10.2. The summed E-state index contributed by atoms with van der Waals surface area (Å²) >= 11 is 0. The number of hydrogen-bond acceptors (Lipinski definition) is 2. The van der Waals surface area contributed by atoms with Gasteiger partial charge in [-0.05, 0) is 18.9 Å². The number of hydrogen-bond donors (Lipinski definition) is 1. The highest BCUT2D eigenvalue weighted by atomic mass is 16.2. The van der Waals surface area contributed by atoms with Crippen LogP contribution in [-0.4, -0.2) is 12.1 Å². The first kappa shape index (κ1) is 13.4. The van der Waals surface area contributed by atoms with Crippen LogP contribution in [0.1, 0.15) is 43.7 Å². The Hall–Kier alpha value is -1.64. The van der Waals surface area contributed by atoms with Crippen molar-refractivity contribution in [1.82, 2.24) is 5.43 Å². The average molecular weight is 232 g/mol. The van der Waals surface area contributed by atoms with Crippen molar-refractivity contribution in [3.05, 3.63) is 35.4 Å². The zero-order chi connectivity index (χ0) is 12.5. The van der Waals surface area contributed by atoms with Crippen LogP contribution in [0.3, 0.4) is 0 Å². The quantitative estimate of drug-likeness (QED) is 0.457. The van der Waals surface area contributed by atoms with Gasteiger partial charge in [-0.2, -0.15) is 5.10 Å². The smallest absolute Gasteiger partial charge is 0.240 e. The molecule has 1 aromatic rings. The van der Waals surface area contributed by atoms with E-state index in [1.165, 1.54) is 5.56 Å². The van der Waals surface area contributed by atoms with E-state index >= 15 is 0 Å². The molecule has 0 aliphatic carbocycles. The molecule has 0 bridgehead atoms. The maximum atomic E-state index is 11.3. The molecule has 0 atom stereocenters. The topological polar surface area (TPSA) is 41.5 Å². The average Bonchev–Trinajstić information content (AvgIpc) is 2.32. The zero-order valence-electron chi connectivity index (χ0n) is 10.6. The molecule has 3 nitrogen and oxygen atoms in total. The van der Waals surface area contributed by atoms with Crippen LogP contribution in [0.5, 0.6) is 0 Å². The van der Waals surface area contributed by atoms with Gasteiger partial charge < -0.3 is 0 Å². The second-order valence-electron chi connectivity index (χ2n) is 4.16. The Morgan fingerprint density at radius 2 is 2.00 bits per heavy atom. The Kier molecular flexibility index (Phi) is 6.00. The maximum absolute atomic E-state index is 11.3. The summed E-state index contributed by atoms with van der Waals surface area (Å²) in [5, 5.41) is 3.93. The van der Waals surface area contributed by atoms with Crippen molar-refractivity contribution in [2.75, 3.05) is 0 Å². The molecule has 0 spiro atoms. The second-order valence-corrected chi connectivity index (χ2v) is 4.16. The van der Waals surface area contributed by atoms with Gasteiger partial charge in [-0.25, -0.2) is 5.43 Å². The number of aryl methyl sites for hydroxylation is 1. The summed E-state index contributed by atoms with van der Waals surface area (Å²) in [4.78, 5) is 11.3. The minimum atomic E-state index is -0.0122. The van der Waals surface area contributed by atoms with Gasteiger partial charge in [0.2, 0.25) is 5.91 Å². The maximum Gasteiger partial charge on any atom is 0.240 e. The van der Waals surface area contributed by atoms with E-state index in [4.69, 9.17) is 0 Å². The number of carbonyl (C=O) groups excluding carboxylic acids is 1. The number of amides is 1. The Balaban J connectivity index is 2.29. The first-order chi connectivity index (χ1) is 8.22. The fourth-order valence-electron chi connectivity index (χ4n) is 1.42. The highest BCUT2D eigenvalue weighted by Crippen LogP contribution is 2.00. The van der Waals surface area contributed by atoms with Crippen molar-refractivity contribution in [1.29, 1.82) is 0 Å². The zero-order valence-corrected chi connectivity index (χ0v) is 10.6. The second kappa shape index (κ2) is 7.60. The highest BCUT2D eigenvalue weighted by molar-refractivity contribution is 5.82. The summed E-state index contributed by atoms with van der Waals surface area (Å²) in [7, 11) is 0. The molecule has 3 heteroatoms. The van der Waals surface area contributed by atoms with Gasteiger partial charge in [0, 0.05) is 6.42 Å². The van der Waals surface area contributed by atoms with Gasteiger partial charge in [0.1, 0.15) is 0 Å². The van der Waals surface area contributed by atoms with Gasteiger partial charge in [0.25, 0.3) is 0 Å². The summed E-state index contributed by atoms with van der Waals surface area (Å²) in [5.74, 6) is -0.0122. The third-order valence-corrected chi connectivity index (χ3v) is 2.49. The third-order valence-electron chi connectivity index (χ3n) is 2.49. The predicted octanol–water partition coefficient (Wildman–Crippen LogP) is 3.03. The molecule has 0 aromatic heterocycles. The van der Waals surface area contributed by atoms with Crippen LogP contribution in [0.15, 0.2) is 29.4 Å². The van der Waals surface area contributed by atoms with Crippen LogP contribution >= 0.6 is 0 Å². The standard InChI is InChI=1S/C14H20N2O/c1-3-4-5-6-14(17)16-15-11-13-9-7-12(2)8-10-13/h7-11H,3-6H2,1-2H3,(H,16,17)/b15-11+. The Bertz CT molecular complexity index is 368. The molecule has 0 radical (unpaired) electrons. The molecule has 1 aromatic carbocycles. The molecular formula is C14H20N2O. The van der Waals surface area contributed by atoms with Crippen molar-refractivity contribution in [3.8, 4) is 0 Å². The lowest BCUT2D eigenvalue weighted by Gasteiger charge is -1.98. The molecular weight excluding hydrogens is 212 g/mol. The van der Waals surface area contributed by atoms with Gasteiger partial charge in [-0.1, -0.05) is 49.6 Å². The molecule has 92 valence electrons. The summed E-state index contributed by atoms with van der Waals surface area (Å²) in [5.41, 5.74) is 4.74. The Morgan fingerprint density at radius 3 is 2.65 bits per heavy atom. The van der Waals surface area contributed by atoms with Crippen molar-refractivity contribution in [2.45, 2.75) is 39.5 Å². The minimum Gasteiger partial charge on any atom is -0.273 e.